The summed E-state index contributed by atoms with van der Waals surface area (Å²) in [6, 6.07) is 6.21. The van der Waals surface area contributed by atoms with Gasteiger partial charge < -0.3 is 14.2 Å². The van der Waals surface area contributed by atoms with Crippen molar-refractivity contribution in [3.05, 3.63) is 70.4 Å². The number of piperidine rings is 1. The lowest BCUT2D eigenvalue weighted by molar-refractivity contribution is 0.111. The van der Waals surface area contributed by atoms with Gasteiger partial charge in [0.15, 0.2) is 17.4 Å². The van der Waals surface area contributed by atoms with E-state index in [1.54, 1.807) is 19.3 Å². The Hall–Kier alpha value is -3.43. The Bertz CT molecular complexity index is 1290. The van der Waals surface area contributed by atoms with E-state index >= 15 is 0 Å². The number of nitrogens with zero attached hydrogens (tertiary/aromatic N) is 4. The van der Waals surface area contributed by atoms with Gasteiger partial charge in [0.05, 0.1) is 17.8 Å². The number of hydrogen-bond acceptors (Lipinski definition) is 5. The Balaban J connectivity index is 1.39. The fourth-order valence-corrected chi connectivity index (χ4v) is 4.19. The molecule has 0 amide bonds. The van der Waals surface area contributed by atoms with Crippen LogP contribution in [0.25, 0.3) is 11.3 Å². The Morgan fingerprint density at radius 2 is 1.85 bits per heavy atom. The second-order valence-corrected chi connectivity index (χ2v) is 8.73. The molecule has 1 unspecified atom stereocenters. The summed E-state index contributed by atoms with van der Waals surface area (Å²) in [5.74, 6) is -4.63. The molecule has 1 saturated heterocycles. The van der Waals surface area contributed by atoms with Crippen LogP contribution in [0.1, 0.15) is 30.9 Å². The second-order valence-electron chi connectivity index (χ2n) is 8.73. The molecule has 3 aromatic rings. The molecular weight excluding hydrogens is 452 g/mol. The summed E-state index contributed by atoms with van der Waals surface area (Å²) in [4.78, 5) is 22.8. The second kappa shape index (κ2) is 8.41. The smallest absolute Gasteiger partial charge is 0.257 e. The van der Waals surface area contributed by atoms with Crippen molar-refractivity contribution in [1.29, 1.82) is 0 Å². The van der Waals surface area contributed by atoms with Crippen LogP contribution in [0.4, 0.5) is 23.4 Å². The third kappa shape index (κ3) is 4.36. The summed E-state index contributed by atoms with van der Waals surface area (Å²) >= 11 is 0. The third-order valence-corrected chi connectivity index (χ3v) is 6.24. The average molecular weight is 474 g/mol. The van der Waals surface area contributed by atoms with Crippen LogP contribution in [0.3, 0.4) is 0 Å². The molecule has 6 nitrogen and oxygen atoms in total. The van der Waals surface area contributed by atoms with Crippen LogP contribution in [0.15, 0.2) is 47.5 Å². The Kier molecular flexibility index (Phi) is 5.53. The van der Waals surface area contributed by atoms with Crippen LogP contribution in [0, 0.1) is 11.6 Å². The van der Waals surface area contributed by atoms with Gasteiger partial charge in [0.2, 0.25) is 5.56 Å². The van der Waals surface area contributed by atoms with Crippen LogP contribution < -0.4 is 15.2 Å². The molecule has 0 bridgehead atoms. The van der Waals surface area contributed by atoms with Crippen LogP contribution in [-0.2, 0) is 7.05 Å². The molecule has 1 aliphatic heterocycles. The first-order valence-corrected chi connectivity index (χ1v) is 11.0. The Morgan fingerprint density at radius 3 is 2.50 bits per heavy atom. The first-order chi connectivity index (χ1) is 16.2. The molecule has 3 heterocycles. The molecule has 34 heavy (non-hydrogen) atoms. The monoisotopic (exact) mass is 474 g/mol. The molecule has 5 rings (SSSR count). The largest absolute Gasteiger partial charge is 0.487 e. The number of alkyl halides is 2. The summed E-state index contributed by atoms with van der Waals surface area (Å²) in [6.07, 6.45) is 3.58. The predicted molar refractivity (Wildman–Crippen MR) is 117 cm³/mol. The molecule has 1 saturated carbocycles. The molecule has 1 aliphatic carbocycles. The zero-order valence-electron chi connectivity index (χ0n) is 18.3. The highest BCUT2D eigenvalue weighted by atomic mass is 19.3. The van der Waals surface area contributed by atoms with Crippen molar-refractivity contribution in [3.8, 4) is 17.0 Å². The lowest BCUT2D eigenvalue weighted by Gasteiger charge is -2.33. The van der Waals surface area contributed by atoms with E-state index in [0.717, 1.165) is 12.1 Å². The zero-order valence-corrected chi connectivity index (χ0v) is 18.3. The molecule has 0 N–H and O–H groups in total. The van der Waals surface area contributed by atoms with Crippen molar-refractivity contribution in [2.45, 2.75) is 37.2 Å². The lowest BCUT2D eigenvalue weighted by atomic mass is 10.1. The number of rotatable bonds is 5. The zero-order chi connectivity index (χ0) is 24.0. The van der Waals surface area contributed by atoms with E-state index in [0.29, 0.717) is 43.0 Å². The van der Waals surface area contributed by atoms with E-state index in [1.165, 1.54) is 22.9 Å². The third-order valence-electron chi connectivity index (χ3n) is 6.24. The predicted octanol–water partition coefficient (Wildman–Crippen LogP) is 4.29. The number of aryl methyl sites for hydroxylation is 1. The molecule has 1 aromatic carbocycles. The Morgan fingerprint density at radius 1 is 1.12 bits per heavy atom. The highest BCUT2D eigenvalue weighted by Crippen LogP contribution is 2.55. The van der Waals surface area contributed by atoms with E-state index in [1.807, 2.05) is 4.90 Å². The number of benzene rings is 1. The first-order valence-electron chi connectivity index (χ1n) is 11.0. The van der Waals surface area contributed by atoms with Gasteiger partial charge in [-0.3, -0.25) is 4.79 Å². The summed E-state index contributed by atoms with van der Waals surface area (Å²) < 4.78 is 61.6. The van der Waals surface area contributed by atoms with Gasteiger partial charge in [-0.2, -0.15) is 0 Å². The van der Waals surface area contributed by atoms with Crippen LogP contribution in [0.5, 0.6) is 5.75 Å². The quantitative estimate of drug-likeness (QED) is 0.517. The van der Waals surface area contributed by atoms with Gasteiger partial charge in [0.1, 0.15) is 17.6 Å². The maximum atomic E-state index is 13.9. The van der Waals surface area contributed by atoms with Crippen molar-refractivity contribution in [1.82, 2.24) is 14.5 Å². The molecule has 0 radical (unpaired) electrons. The maximum Gasteiger partial charge on any atom is 0.257 e. The van der Waals surface area contributed by atoms with Gasteiger partial charge in [-0.05, 0) is 18.2 Å². The molecule has 2 fully saturated rings. The molecule has 1 atom stereocenters. The van der Waals surface area contributed by atoms with Crippen LogP contribution in [-0.4, -0.2) is 39.7 Å². The minimum absolute atomic E-state index is 0.000230. The van der Waals surface area contributed by atoms with Crippen molar-refractivity contribution in [2.24, 2.45) is 7.05 Å². The van der Waals surface area contributed by atoms with E-state index in [-0.39, 0.29) is 29.5 Å². The normalized spacial score (nSPS) is 19.8. The summed E-state index contributed by atoms with van der Waals surface area (Å²) in [5.41, 5.74) is 1.05. The molecule has 0 spiro atoms. The van der Waals surface area contributed by atoms with Gasteiger partial charge in [0.25, 0.3) is 5.92 Å². The van der Waals surface area contributed by atoms with Gasteiger partial charge >= 0.3 is 0 Å². The van der Waals surface area contributed by atoms with Crippen LogP contribution >= 0.6 is 0 Å². The van der Waals surface area contributed by atoms with Gasteiger partial charge in [-0.25, -0.2) is 27.5 Å². The molecule has 2 aliphatic rings. The fraction of sp³-hybridized carbons (Fsp3) is 0.375. The number of hydrogen-bond donors (Lipinski definition) is 0. The standard InChI is InChI=1S/C24H22F4N4O2/c1-31-13-14(2-5-21(31)33)22-23(29-12-19(30-22)17-11-24(17,27)28)32-8-6-16(7-9-32)34-20-4-3-15(25)10-18(20)26/h2-5,10,12-13,16-17H,6-9,11H2,1H3. The van der Waals surface area contributed by atoms with E-state index in [4.69, 9.17) is 4.74 Å². The van der Waals surface area contributed by atoms with E-state index in [9.17, 15) is 22.4 Å². The maximum absolute atomic E-state index is 13.9. The van der Waals surface area contributed by atoms with Gasteiger partial charge in [-0.15, -0.1) is 0 Å². The molecule has 2 aromatic heterocycles. The summed E-state index contributed by atoms with van der Waals surface area (Å²) in [5, 5.41) is 0. The fourth-order valence-electron chi connectivity index (χ4n) is 4.19. The number of ether oxygens (including phenoxy) is 1. The first kappa shape index (κ1) is 22.4. The SMILES string of the molecule is Cn1cc(-c2nc(C3CC3(F)F)cnc2N2CCC(Oc3ccc(F)cc3F)CC2)ccc1=O. The van der Waals surface area contributed by atoms with E-state index in [2.05, 4.69) is 9.97 Å². The average Bonchev–Trinajstić information content (AvgIpc) is 3.46. The Labute approximate surface area is 192 Å². The molecule has 178 valence electrons. The van der Waals surface area contributed by atoms with Crippen molar-refractivity contribution >= 4 is 5.82 Å². The number of pyridine rings is 1. The molecule has 10 heteroatoms. The summed E-state index contributed by atoms with van der Waals surface area (Å²) in [7, 11) is 1.61. The van der Waals surface area contributed by atoms with Crippen molar-refractivity contribution in [3.63, 3.8) is 0 Å². The lowest BCUT2D eigenvalue weighted by Crippen LogP contribution is -2.39. The number of anilines is 1. The van der Waals surface area contributed by atoms with E-state index < -0.39 is 23.5 Å². The highest BCUT2D eigenvalue weighted by Gasteiger charge is 2.58. The van der Waals surface area contributed by atoms with Crippen molar-refractivity contribution in [2.75, 3.05) is 18.0 Å². The molecular formula is C24H22F4N4O2. The number of aromatic nitrogens is 3. The highest BCUT2D eigenvalue weighted by molar-refractivity contribution is 5.72. The van der Waals surface area contributed by atoms with Gasteiger partial charge in [-0.1, -0.05) is 0 Å². The number of halogens is 4. The summed E-state index contributed by atoms with van der Waals surface area (Å²) in [6.45, 7) is 1.03. The minimum Gasteiger partial charge on any atom is -0.487 e. The van der Waals surface area contributed by atoms with Crippen LogP contribution in [0.2, 0.25) is 0 Å². The van der Waals surface area contributed by atoms with Gasteiger partial charge in [0, 0.05) is 63.3 Å². The van der Waals surface area contributed by atoms with Crippen molar-refractivity contribution < 1.29 is 22.3 Å². The topological polar surface area (TPSA) is 60.3 Å². The minimum atomic E-state index is -2.78.